The number of hydrogen-bond acceptors (Lipinski definition) is 5. The minimum Gasteiger partial charge on any atom is -0.491 e. The molecular formula is C18H19NO5. The van der Waals surface area contributed by atoms with Gasteiger partial charge < -0.3 is 14.6 Å². The summed E-state index contributed by atoms with van der Waals surface area (Å²) in [5, 5.41) is 20.9. The maximum absolute atomic E-state index is 11.0. The van der Waals surface area contributed by atoms with Crippen molar-refractivity contribution in [2.24, 2.45) is 0 Å². The van der Waals surface area contributed by atoms with E-state index < -0.39 is 11.0 Å². The van der Waals surface area contributed by atoms with E-state index in [0.717, 1.165) is 5.56 Å². The van der Waals surface area contributed by atoms with Gasteiger partial charge in [0.05, 0.1) is 4.92 Å². The molecule has 2 aromatic rings. The number of aliphatic hydroxyl groups is 1. The number of ketones is 1. The molecule has 2 aromatic carbocycles. The lowest BCUT2D eigenvalue weighted by atomic mass is 10.1. The number of nitro benzene ring substituents is 1. The van der Waals surface area contributed by atoms with Crippen LogP contribution in [0.25, 0.3) is 0 Å². The van der Waals surface area contributed by atoms with Gasteiger partial charge in [-0.3, -0.25) is 10.1 Å². The highest BCUT2D eigenvalue weighted by Crippen LogP contribution is 2.21. The molecule has 0 bridgehead atoms. The second-order valence-corrected chi connectivity index (χ2v) is 5.52. The fraction of sp³-hybridized carbons (Fsp3) is 0.278. The van der Waals surface area contributed by atoms with Gasteiger partial charge in [-0.2, -0.15) is 0 Å². The molecule has 1 N–H and O–H groups in total. The molecule has 0 amide bonds. The summed E-state index contributed by atoms with van der Waals surface area (Å²) in [6.45, 7) is 1.56. The van der Waals surface area contributed by atoms with Crippen molar-refractivity contribution in [2.45, 2.75) is 25.9 Å². The van der Waals surface area contributed by atoms with Gasteiger partial charge in [0.25, 0.3) is 5.69 Å². The van der Waals surface area contributed by atoms with Gasteiger partial charge in [0.15, 0.2) is 0 Å². The Morgan fingerprint density at radius 1 is 1.25 bits per heavy atom. The largest absolute Gasteiger partial charge is 0.491 e. The van der Waals surface area contributed by atoms with Crippen molar-refractivity contribution in [3.05, 3.63) is 69.8 Å². The van der Waals surface area contributed by atoms with E-state index in [0.29, 0.717) is 24.2 Å². The number of nitrogens with zero attached hydrogens (tertiary/aromatic N) is 1. The molecule has 0 radical (unpaired) electrons. The molecule has 0 saturated heterocycles. The van der Waals surface area contributed by atoms with Crippen LogP contribution in [0, 0.1) is 10.1 Å². The zero-order valence-corrected chi connectivity index (χ0v) is 13.3. The Balaban J connectivity index is 1.91. The van der Waals surface area contributed by atoms with Crippen LogP contribution in [0.15, 0.2) is 48.5 Å². The molecular weight excluding hydrogens is 310 g/mol. The molecule has 0 aliphatic heterocycles. The van der Waals surface area contributed by atoms with Crippen LogP contribution in [0.2, 0.25) is 0 Å². The van der Waals surface area contributed by atoms with Gasteiger partial charge in [0, 0.05) is 18.6 Å². The number of non-ortho nitro benzene ring substituents is 1. The van der Waals surface area contributed by atoms with Crippen LogP contribution in [0.4, 0.5) is 5.69 Å². The van der Waals surface area contributed by atoms with Crippen LogP contribution in [0.1, 0.15) is 30.6 Å². The van der Waals surface area contributed by atoms with E-state index in [1.165, 1.54) is 18.2 Å². The van der Waals surface area contributed by atoms with E-state index in [4.69, 9.17) is 4.74 Å². The van der Waals surface area contributed by atoms with Crippen molar-refractivity contribution >= 4 is 11.5 Å². The number of aliphatic hydroxyl groups excluding tert-OH is 1. The van der Waals surface area contributed by atoms with Crippen LogP contribution >= 0.6 is 0 Å². The number of ether oxygens (including phenoxy) is 1. The third-order valence-corrected chi connectivity index (χ3v) is 3.56. The van der Waals surface area contributed by atoms with Gasteiger partial charge in [0.1, 0.15) is 24.2 Å². The summed E-state index contributed by atoms with van der Waals surface area (Å²) in [6, 6.07) is 13.1. The second kappa shape index (κ2) is 8.21. The Morgan fingerprint density at radius 3 is 2.58 bits per heavy atom. The third-order valence-electron chi connectivity index (χ3n) is 3.56. The Kier molecular flexibility index (Phi) is 6.03. The van der Waals surface area contributed by atoms with Crippen molar-refractivity contribution in [2.75, 3.05) is 6.61 Å². The smallest absolute Gasteiger partial charge is 0.269 e. The van der Waals surface area contributed by atoms with Crippen molar-refractivity contribution in [3.63, 3.8) is 0 Å². The molecule has 0 heterocycles. The van der Waals surface area contributed by atoms with Gasteiger partial charge in [-0.25, -0.2) is 0 Å². The summed E-state index contributed by atoms with van der Waals surface area (Å²) in [4.78, 5) is 21.2. The highest BCUT2D eigenvalue weighted by Gasteiger charge is 2.13. The molecule has 24 heavy (non-hydrogen) atoms. The first-order valence-corrected chi connectivity index (χ1v) is 7.59. The number of aryl methyl sites for hydroxylation is 1. The highest BCUT2D eigenvalue weighted by molar-refractivity contribution is 5.75. The summed E-state index contributed by atoms with van der Waals surface area (Å²) in [5.74, 6) is 0.737. The van der Waals surface area contributed by atoms with Crippen LogP contribution in [0.5, 0.6) is 5.75 Å². The average Bonchev–Trinajstić information content (AvgIpc) is 2.58. The van der Waals surface area contributed by atoms with Gasteiger partial charge >= 0.3 is 0 Å². The molecule has 0 saturated carbocycles. The molecule has 6 heteroatoms. The lowest BCUT2D eigenvalue weighted by Crippen LogP contribution is -2.10. The highest BCUT2D eigenvalue weighted by atomic mass is 16.6. The molecule has 6 nitrogen and oxygen atoms in total. The van der Waals surface area contributed by atoms with Gasteiger partial charge in [-0.05, 0) is 36.6 Å². The van der Waals surface area contributed by atoms with Crippen molar-refractivity contribution in [3.8, 4) is 5.75 Å². The van der Waals surface area contributed by atoms with Gasteiger partial charge in [-0.15, -0.1) is 0 Å². The number of rotatable bonds is 8. The molecule has 1 atom stereocenters. The summed E-state index contributed by atoms with van der Waals surface area (Å²) < 4.78 is 5.52. The minimum absolute atomic E-state index is 0.00599. The van der Waals surface area contributed by atoms with E-state index in [1.54, 1.807) is 25.1 Å². The first kappa shape index (κ1) is 17.6. The zero-order chi connectivity index (χ0) is 17.5. The molecule has 0 aromatic heterocycles. The monoisotopic (exact) mass is 329 g/mol. The number of carbonyl (C=O) groups is 1. The normalized spacial score (nSPS) is 11.8. The van der Waals surface area contributed by atoms with Crippen LogP contribution in [-0.2, 0) is 11.2 Å². The predicted octanol–water partition coefficient (Wildman–Crippen LogP) is 3.23. The SMILES string of the molecule is CC(=O)CCc1ccc(OCC(O)c2cccc([N+](=O)[O-])c2)cc1. The maximum Gasteiger partial charge on any atom is 0.269 e. The molecule has 126 valence electrons. The number of carbonyl (C=O) groups excluding carboxylic acids is 1. The topological polar surface area (TPSA) is 89.7 Å². The Hall–Kier alpha value is -2.73. The predicted molar refractivity (Wildman–Crippen MR) is 89.0 cm³/mol. The molecule has 0 spiro atoms. The molecule has 2 rings (SSSR count). The number of nitro groups is 1. The summed E-state index contributed by atoms with van der Waals surface area (Å²) in [6.07, 6.45) is 0.236. The van der Waals surface area contributed by atoms with E-state index in [1.807, 2.05) is 12.1 Å². The molecule has 0 fully saturated rings. The van der Waals surface area contributed by atoms with Crippen LogP contribution in [-0.4, -0.2) is 22.4 Å². The maximum atomic E-state index is 11.0. The Labute approximate surface area is 139 Å². The standard InChI is InChI=1S/C18H19NO5/c1-13(20)5-6-14-7-9-17(10-8-14)24-12-18(21)15-3-2-4-16(11-15)19(22)23/h2-4,7-11,18,21H,5-6,12H2,1H3. The summed E-state index contributed by atoms with van der Waals surface area (Å²) in [7, 11) is 0. The van der Waals surface area contributed by atoms with Crippen LogP contribution < -0.4 is 4.74 Å². The molecule has 1 unspecified atom stereocenters. The third kappa shape index (κ3) is 5.17. The lowest BCUT2D eigenvalue weighted by Gasteiger charge is -2.13. The number of hydrogen-bond donors (Lipinski definition) is 1. The molecule has 0 aliphatic carbocycles. The average molecular weight is 329 g/mol. The fourth-order valence-corrected chi connectivity index (χ4v) is 2.19. The Morgan fingerprint density at radius 2 is 1.96 bits per heavy atom. The van der Waals surface area contributed by atoms with E-state index >= 15 is 0 Å². The second-order valence-electron chi connectivity index (χ2n) is 5.52. The first-order chi connectivity index (χ1) is 11.5. The van der Waals surface area contributed by atoms with Gasteiger partial charge in [-0.1, -0.05) is 24.3 Å². The quantitative estimate of drug-likeness (QED) is 0.593. The number of Topliss-reactive ketones (excluding diaryl/α,β-unsaturated/α-hetero) is 1. The van der Waals surface area contributed by atoms with Gasteiger partial charge in [0.2, 0.25) is 0 Å². The molecule has 0 aliphatic rings. The zero-order valence-electron chi connectivity index (χ0n) is 13.3. The van der Waals surface area contributed by atoms with Crippen molar-refractivity contribution in [1.29, 1.82) is 0 Å². The fourth-order valence-electron chi connectivity index (χ4n) is 2.19. The summed E-state index contributed by atoms with van der Waals surface area (Å²) >= 11 is 0. The van der Waals surface area contributed by atoms with Crippen molar-refractivity contribution in [1.82, 2.24) is 0 Å². The summed E-state index contributed by atoms with van der Waals surface area (Å²) in [5.41, 5.74) is 1.40. The lowest BCUT2D eigenvalue weighted by molar-refractivity contribution is -0.385. The minimum atomic E-state index is -0.956. The number of benzene rings is 2. The van der Waals surface area contributed by atoms with E-state index in [2.05, 4.69) is 0 Å². The van der Waals surface area contributed by atoms with E-state index in [-0.39, 0.29) is 18.1 Å². The Bertz CT molecular complexity index is 712. The van der Waals surface area contributed by atoms with E-state index in [9.17, 15) is 20.0 Å². The van der Waals surface area contributed by atoms with Crippen LogP contribution in [0.3, 0.4) is 0 Å². The first-order valence-electron chi connectivity index (χ1n) is 7.59. The van der Waals surface area contributed by atoms with Crippen molar-refractivity contribution < 1.29 is 19.6 Å².